The Labute approximate surface area is 165 Å². The van der Waals surface area contributed by atoms with Crippen molar-refractivity contribution in [2.75, 3.05) is 19.8 Å². The second kappa shape index (κ2) is 8.18. The van der Waals surface area contributed by atoms with Crippen molar-refractivity contribution in [2.24, 2.45) is 0 Å². The SMILES string of the molecule is Cc1cc(C)c(CN2CCOc3ccc(OCC(F)F)c(Cl)c3C2=O)c(=O)[nH]1. The highest BCUT2D eigenvalue weighted by Crippen LogP contribution is 2.37. The number of alkyl halides is 2. The summed E-state index contributed by atoms with van der Waals surface area (Å²) in [5.74, 6) is -0.236. The Balaban J connectivity index is 1.94. The first-order valence-electron chi connectivity index (χ1n) is 8.63. The van der Waals surface area contributed by atoms with Gasteiger partial charge in [0.15, 0.2) is 0 Å². The number of aromatic nitrogens is 1. The third-order valence-electron chi connectivity index (χ3n) is 4.40. The van der Waals surface area contributed by atoms with Crippen molar-refractivity contribution in [1.82, 2.24) is 9.88 Å². The summed E-state index contributed by atoms with van der Waals surface area (Å²) >= 11 is 6.26. The molecule has 0 fully saturated rings. The van der Waals surface area contributed by atoms with Crippen LogP contribution in [0.1, 0.15) is 27.2 Å². The van der Waals surface area contributed by atoms with E-state index < -0.39 is 18.9 Å². The molecule has 0 aliphatic carbocycles. The molecule has 2 aromatic rings. The topological polar surface area (TPSA) is 71.6 Å². The lowest BCUT2D eigenvalue weighted by molar-refractivity contribution is 0.0740. The smallest absolute Gasteiger partial charge is 0.272 e. The molecule has 1 aliphatic rings. The Bertz CT molecular complexity index is 962. The van der Waals surface area contributed by atoms with E-state index in [9.17, 15) is 18.4 Å². The Morgan fingerprint density at radius 1 is 1.32 bits per heavy atom. The van der Waals surface area contributed by atoms with Gasteiger partial charge in [-0.3, -0.25) is 9.59 Å². The van der Waals surface area contributed by atoms with Gasteiger partial charge < -0.3 is 19.4 Å². The van der Waals surface area contributed by atoms with Gasteiger partial charge in [-0.25, -0.2) is 8.78 Å². The average Bonchev–Trinajstić information content (AvgIpc) is 2.77. The van der Waals surface area contributed by atoms with E-state index in [-0.39, 0.29) is 47.3 Å². The number of amides is 1. The molecule has 1 aromatic carbocycles. The van der Waals surface area contributed by atoms with Crippen molar-refractivity contribution in [3.8, 4) is 11.5 Å². The van der Waals surface area contributed by atoms with E-state index in [4.69, 9.17) is 21.1 Å². The van der Waals surface area contributed by atoms with Gasteiger partial charge in [0.05, 0.1) is 18.1 Å². The first-order valence-corrected chi connectivity index (χ1v) is 9.00. The molecule has 150 valence electrons. The number of hydrogen-bond acceptors (Lipinski definition) is 4. The number of carbonyl (C=O) groups is 1. The Morgan fingerprint density at radius 3 is 2.75 bits per heavy atom. The van der Waals surface area contributed by atoms with Gasteiger partial charge in [-0.1, -0.05) is 11.6 Å². The maximum atomic E-state index is 13.1. The number of pyridine rings is 1. The number of aryl methyl sites for hydroxylation is 2. The first-order chi connectivity index (χ1) is 13.3. The number of ether oxygens (including phenoxy) is 2. The van der Waals surface area contributed by atoms with E-state index in [1.165, 1.54) is 17.0 Å². The van der Waals surface area contributed by atoms with E-state index in [1.807, 2.05) is 6.07 Å². The molecule has 0 unspecified atom stereocenters. The third-order valence-corrected chi connectivity index (χ3v) is 4.77. The zero-order valence-electron chi connectivity index (χ0n) is 15.4. The summed E-state index contributed by atoms with van der Waals surface area (Å²) < 4.78 is 35.5. The van der Waals surface area contributed by atoms with Crippen molar-refractivity contribution < 1.29 is 23.0 Å². The normalized spacial score (nSPS) is 13.9. The molecule has 1 aliphatic heterocycles. The van der Waals surface area contributed by atoms with Crippen LogP contribution < -0.4 is 15.0 Å². The molecule has 1 aromatic heterocycles. The lowest BCUT2D eigenvalue weighted by atomic mass is 10.1. The van der Waals surface area contributed by atoms with E-state index in [2.05, 4.69) is 4.98 Å². The number of H-pyrrole nitrogens is 1. The Morgan fingerprint density at radius 2 is 2.07 bits per heavy atom. The third kappa shape index (κ3) is 4.11. The van der Waals surface area contributed by atoms with Crippen LogP contribution in [-0.4, -0.2) is 42.0 Å². The van der Waals surface area contributed by atoms with Crippen LogP contribution in [0, 0.1) is 13.8 Å². The summed E-state index contributed by atoms with van der Waals surface area (Å²) in [6, 6.07) is 4.68. The Hall–Kier alpha value is -2.61. The van der Waals surface area contributed by atoms with Crippen LogP contribution >= 0.6 is 11.6 Å². The van der Waals surface area contributed by atoms with E-state index >= 15 is 0 Å². The van der Waals surface area contributed by atoms with E-state index in [1.54, 1.807) is 13.8 Å². The molecule has 9 heteroatoms. The zero-order chi connectivity index (χ0) is 20.4. The van der Waals surface area contributed by atoms with Gasteiger partial charge >= 0.3 is 0 Å². The maximum absolute atomic E-state index is 13.1. The molecule has 28 heavy (non-hydrogen) atoms. The number of aromatic amines is 1. The molecule has 6 nitrogen and oxygen atoms in total. The fourth-order valence-electron chi connectivity index (χ4n) is 3.07. The highest BCUT2D eigenvalue weighted by molar-refractivity contribution is 6.35. The van der Waals surface area contributed by atoms with Gasteiger partial charge in [0.1, 0.15) is 30.3 Å². The molecular formula is C19H19ClF2N2O4. The molecule has 1 N–H and O–H groups in total. The minimum Gasteiger partial charge on any atom is -0.491 e. The van der Waals surface area contributed by atoms with Crippen molar-refractivity contribution in [3.63, 3.8) is 0 Å². The fourth-order valence-corrected chi connectivity index (χ4v) is 3.36. The van der Waals surface area contributed by atoms with Crippen LogP contribution in [-0.2, 0) is 6.54 Å². The van der Waals surface area contributed by atoms with Gasteiger partial charge in [-0.05, 0) is 37.6 Å². The number of halogens is 3. The van der Waals surface area contributed by atoms with Gasteiger partial charge in [0.25, 0.3) is 17.9 Å². The molecule has 0 radical (unpaired) electrons. The summed E-state index contributed by atoms with van der Waals surface area (Å²) in [7, 11) is 0. The fraction of sp³-hybridized carbons (Fsp3) is 0.368. The average molecular weight is 413 g/mol. The summed E-state index contributed by atoms with van der Waals surface area (Å²) in [6.07, 6.45) is -2.67. The molecule has 0 atom stereocenters. The predicted molar refractivity (Wildman–Crippen MR) is 99.7 cm³/mol. The maximum Gasteiger partial charge on any atom is 0.272 e. The minimum atomic E-state index is -2.67. The largest absolute Gasteiger partial charge is 0.491 e. The van der Waals surface area contributed by atoms with Crippen molar-refractivity contribution in [2.45, 2.75) is 26.8 Å². The van der Waals surface area contributed by atoms with Crippen molar-refractivity contribution in [1.29, 1.82) is 0 Å². The molecule has 0 bridgehead atoms. The van der Waals surface area contributed by atoms with Gasteiger partial charge in [-0.2, -0.15) is 0 Å². The molecule has 0 saturated carbocycles. The lowest BCUT2D eigenvalue weighted by Gasteiger charge is -2.21. The standard InChI is InChI=1S/C19H19ClF2N2O4/c1-10-7-11(2)23-18(25)12(10)8-24-5-6-27-13-3-4-14(28-9-15(21)22)17(20)16(13)19(24)26/h3-4,7,15H,5-6,8-9H2,1-2H3,(H,23,25). The number of hydrogen-bond donors (Lipinski definition) is 1. The van der Waals surface area contributed by atoms with Gasteiger partial charge in [0, 0.05) is 11.3 Å². The summed E-state index contributed by atoms with van der Waals surface area (Å²) in [5.41, 5.74) is 1.72. The number of rotatable bonds is 5. The number of nitrogens with zero attached hydrogens (tertiary/aromatic N) is 1. The molecular weight excluding hydrogens is 394 g/mol. The van der Waals surface area contributed by atoms with E-state index in [0.29, 0.717) is 5.56 Å². The molecule has 0 saturated heterocycles. The highest BCUT2D eigenvalue weighted by Gasteiger charge is 2.29. The summed E-state index contributed by atoms with van der Waals surface area (Å²) in [6.45, 7) is 3.25. The summed E-state index contributed by atoms with van der Waals surface area (Å²) in [4.78, 5) is 29.6. The van der Waals surface area contributed by atoms with Gasteiger partial charge in [0.2, 0.25) is 0 Å². The van der Waals surface area contributed by atoms with Crippen LogP contribution in [0.2, 0.25) is 5.02 Å². The molecule has 0 spiro atoms. The van der Waals surface area contributed by atoms with Crippen LogP contribution in [0.5, 0.6) is 11.5 Å². The molecule has 3 rings (SSSR count). The lowest BCUT2D eigenvalue weighted by Crippen LogP contribution is -2.34. The Kier molecular flexibility index (Phi) is 5.88. The quantitative estimate of drug-likeness (QED) is 0.817. The number of nitrogens with one attached hydrogen (secondary N) is 1. The van der Waals surface area contributed by atoms with E-state index in [0.717, 1.165) is 11.3 Å². The first kappa shape index (κ1) is 20.1. The second-order valence-corrected chi connectivity index (χ2v) is 6.85. The number of fused-ring (bicyclic) bond motifs is 1. The zero-order valence-corrected chi connectivity index (χ0v) is 16.1. The second-order valence-electron chi connectivity index (χ2n) is 6.47. The van der Waals surface area contributed by atoms with Crippen molar-refractivity contribution >= 4 is 17.5 Å². The molecule has 1 amide bonds. The number of benzene rings is 1. The van der Waals surface area contributed by atoms with Crippen LogP contribution in [0.15, 0.2) is 23.0 Å². The van der Waals surface area contributed by atoms with Crippen molar-refractivity contribution in [3.05, 3.63) is 56.0 Å². The monoisotopic (exact) mass is 412 g/mol. The van der Waals surface area contributed by atoms with Gasteiger partial charge in [-0.15, -0.1) is 0 Å². The number of carbonyl (C=O) groups excluding carboxylic acids is 1. The minimum absolute atomic E-state index is 0.0242. The van der Waals surface area contributed by atoms with Crippen LogP contribution in [0.3, 0.4) is 0 Å². The molecule has 2 heterocycles. The highest BCUT2D eigenvalue weighted by atomic mass is 35.5. The van der Waals surface area contributed by atoms with Crippen LogP contribution in [0.4, 0.5) is 8.78 Å². The van der Waals surface area contributed by atoms with Crippen LogP contribution in [0.25, 0.3) is 0 Å². The summed E-state index contributed by atoms with van der Waals surface area (Å²) in [5, 5.41) is -0.0930. The predicted octanol–water partition coefficient (Wildman–Crippen LogP) is 3.32.